The van der Waals surface area contributed by atoms with Crippen molar-refractivity contribution in [1.82, 2.24) is 10.6 Å². The number of benzene rings is 1. The summed E-state index contributed by atoms with van der Waals surface area (Å²) in [5, 5.41) is 13.8. The highest BCUT2D eigenvalue weighted by atomic mass is 16.3. The third-order valence-electron chi connectivity index (χ3n) is 2.45. The molecule has 0 spiro atoms. The molecule has 0 aliphatic carbocycles. The average molecular weight is 206 g/mol. The smallest absolute Gasteiger partial charge is 0.322 e. The maximum absolute atomic E-state index is 11.6. The molecular formula is C10H10N2O3. The van der Waals surface area contributed by atoms with Crippen LogP contribution in [0, 0.1) is 0 Å². The first-order valence-corrected chi connectivity index (χ1v) is 4.49. The molecule has 78 valence electrons. The molecule has 0 bridgehead atoms. The number of nitrogens with one attached hydrogen (secondary N) is 2. The predicted octanol–water partition coefficient (Wildman–Crippen LogP) is -0.286. The van der Waals surface area contributed by atoms with Crippen molar-refractivity contribution in [3.8, 4) is 0 Å². The van der Waals surface area contributed by atoms with Crippen LogP contribution in [0.1, 0.15) is 5.56 Å². The fourth-order valence-electron chi connectivity index (χ4n) is 1.62. The summed E-state index contributed by atoms with van der Waals surface area (Å²) in [6.45, 7) is -0.464. The van der Waals surface area contributed by atoms with E-state index in [-0.39, 0.29) is 0 Å². The maximum Gasteiger partial charge on any atom is 0.322 e. The van der Waals surface area contributed by atoms with Crippen molar-refractivity contribution in [2.45, 2.75) is 5.54 Å². The fourth-order valence-corrected chi connectivity index (χ4v) is 1.62. The van der Waals surface area contributed by atoms with Gasteiger partial charge in [-0.3, -0.25) is 10.1 Å². The van der Waals surface area contributed by atoms with Crippen LogP contribution >= 0.6 is 0 Å². The number of rotatable bonds is 2. The molecule has 5 heteroatoms. The van der Waals surface area contributed by atoms with E-state index in [9.17, 15) is 14.7 Å². The molecule has 0 unspecified atom stereocenters. The predicted molar refractivity (Wildman–Crippen MR) is 51.9 cm³/mol. The van der Waals surface area contributed by atoms with E-state index in [4.69, 9.17) is 0 Å². The highest BCUT2D eigenvalue weighted by molar-refractivity contribution is 6.07. The van der Waals surface area contributed by atoms with Crippen molar-refractivity contribution >= 4 is 11.9 Å². The summed E-state index contributed by atoms with van der Waals surface area (Å²) >= 11 is 0. The summed E-state index contributed by atoms with van der Waals surface area (Å²) in [6.07, 6.45) is 0. The minimum Gasteiger partial charge on any atom is -0.393 e. The minimum atomic E-state index is -1.33. The molecule has 1 aliphatic rings. The Morgan fingerprint density at radius 2 is 1.87 bits per heavy atom. The average Bonchev–Trinajstić information content (AvgIpc) is 2.56. The molecule has 5 nitrogen and oxygen atoms in total. The van der Waals surface area contributed by atoms with E-state index in [0.717, 1.165) is 0 Å². The number of urea groups is 1. The molecule has 0 radical (unpaired) electrons. The summed E-state index contributed by atoms with van der Waals surface area (Å²) in [4.78, 5) is 22.6. The molecule has 1 aromatic carbocycles. The van der Waals surface area contributed by atoms with Crippen molar-refractivity contribution in [3.05, 3.63) is 35.9 Å². The first kappa shape index (κ1) is 9.67. The second-order valence-corrected chi connectivity index (χ2v) is 3.34. The molecule has 1 saturated heterocycles. The normalized spacial score (nSPS) is 24.9. The number of aliphatic hydroxyl groups is 1. The van der Waals surface area contributed by atoms with E-state index >= 15 is 0 Å². The fraction of sp³-hybridized carbons (Fsp3) is 0.200. The van der Waals surface area contributed by atoms with Crippen molar-refractivity contribution < 1.29 is 14.7 Å². The van der Waals surface area contributed by atoms with Crippen LogP contribution in [0.25, 0.3) is 0 Å². The van der Waals surface area contributed by atoms with Gasteiger partial charge in [0.1, 0.15) is 0 Å². The number of carbonyl (C=O) groups excluding carboxylic acids is 2. The zero-order chi connectivity index (χ0) is 10.9. The Hall–Kier alpha value is -1.88. The third-order valence-corrected chi connectivity index (χ3v) is 2.45. The van der Waals surface area contributed by atoms with Crippen LogP contribution in [0.5, 0.6) is 0 Å². The molecular weight excluding hydrogens is 196 g/mol. The number of imide groups is 1. The molecule has 0 saturated carbocycles. The van der Waals surface area contributed by atoms with Crippen LogP contribution < -0.4 is 10.6 Å². The monoisotopic (exact) mass is 206 g/mol. The van der Waals surface area contributed by atoms with Gasteiger partial charge in [0.15, 0.2) is 5.54 Å². The van der Waals surface area contributed by atoms with Gasteiger partial charge in [-0.25, -0.2) is 4.79 Å². The van der Waals surface area contributed by atoms with Gasteiger partial charge in [0.25, 0.3) is 5.91 Å². The Labute approximate surface area is 86.1 Å². The first-order chi connectivity index (χ1) is 7.19. The number of carbonyl (C=O) groups is 2. The topological polar surface area (TPSA) is 78.4 Å². The molecule has 1 aromatic rings. The SMILES string of the molecule is O=C1NC(=O)[C@](CO)(c2ccccc2)N1. The lowest BCUT2D eigenvalue weighted by atomic mass is 9.91. The van der Waals surface area contributed by atoms with Gasteiger partial charge in [0.2, 0.25) is 0 Å². The van der Waals surface area contributed by atoms with E-state index in [0.29, 0.717) is 5.56 Å². The zero-order valence-electron chi connectivity index (χ0n) is 7.86. The lowest BCUT2D eigenvalue weighted by Crippen LogP contribution is -2.47. The molecule has 1 heterocycles. The van der Waals surface area contributed by atoms with E-state index in [1.54, 1.807) is 30.3 Å². The van der Waals surface area contributed by atoms with Crippen LogP contribution in [-0.4, -0.2) is 23.7 Å². The molecule has 1 aliphatic heterocycles. The van der Waals surface area contributed by atoms with Crippen LogP contribution in [-0.2, 0) is 10.3 Å². The highest BCUT2D eigenvalue weighted by Crippen LogP contribution is 2.23. The van der Waals surface area contributed by atoms with Crippen molar-refractivity contribution in [2.75, 3.05) is 6.61 Å². The third kappa shape index (κ3) is 1.37. The maximum atomic E-state index is 11.6. The Bertz CT molecular complexity index is 404. The largest absolute Gasteiger partial charge is 0.393 e. The van der Waals surface area contributed by atoms with Crippen molar-refractivity contribution in [3.63, 3.8) is 0 Å². The molecule has 1 fully saturated rings. The number of hydrogen-bond donors (Lipinski definition) is 3. The first-order valence-electron chi connectivity index (χ1n) is 4.49. The number of amides is 3. The van der Waals surface area contributed by atoms with Crippen molar-refractivity contribution in [1.29, 1.82) is 0 Å². The Morgan fingerprint density at radius 1 is 1.20 bits per heavy atom. The molecule has 3 N–H and O–H groups in total. The molecule has 1 atom stereocenters. The quantitative estimate of drug-likeness (QED) is 0.582. The zero-order valence-corrected chi connectivity index (χ0v) is 7.86. The van der Waals surface area contributed by atoms with Crippen molar-refractivity contribution in [2.24, 2.45) is 0 Å². The van der Waals surface area contributed by atoms with Gasteiger partial charge in [-0.15, -0.1) is 0 Å². The van der Waals surface area contributed by atoms with Crippen LogP contribution in [0.15, 0.2) is 30.3 Å². The summed E-state index contributed by atoms with van der Waals surface area (Å²) in [6, 6.07) is 8.05. The number of aliphatic hydroxyl groups excluding tert-OH is 1. The summed E-state index contributed by atoms with van der Waals surface area (Å²) in [5.74, 6) is -0.527. The summed E-state index contributed by atoms with van der Waals surface area (Å²) < 4.78 is 0. The lowest BCUT2D eigenvalue weighted by Gasteiger charge is -2.23. The number of hydrogen-bond acceptors (Lipinski definition) is 3. The van der Waals surface area contributed by atoms with Crippen LogP contribution in [0.4, 0.5) is 4.79 Å². The molecule has 2 rings (SSSR count). The van der Waals surface area contributed by atoms with Gasteiger partial charge < -0.3 is 10.4 Å². The van der Waals surface area contributed by atoms with E-state index in [1.165, 1.54) is 0 Å². The van der Waals surface area contributed by atoms with Gasteiger partial charge in [0.05, 0.1) is 6.61 Å². The van der Waals surface area contributed by atoms with Gasteiger partial charge in [0, 0.05) is 0 Å². The van der Waals surface area contributed by atoms with Gasteiger partial charge >= 0.3 is 6.03 Å². The van der Waals surface area contributed by atoms with Gasteiger partial charge in [-0.05, 0) is 5.56 Å². The molecule has 0 aromatic heterocycles. The van der Waals surface area contributed by atoms with E-state index in [1.807, 2.05) is 0 Å². The van der Waals surface area contributed by atoms with Gasteiger partial charge in [-0.1, -0.05) is 30.3 Å². The lowest BCUT2D eigenvalue weighted by molar-refractivity contribution is -0.125. The van der Waals surface area contributed by atoms with E-state index in [2.05, 4.69) is 10.6 Å². The van der Waals surface area contributed by atoms with Crippen LogP contribution in [0.2, 0.25) is 0 Å². The van der Waals surface area contributed by atoms with Crippen LogP contribution in [0.3, 0.4) is 0 Å². The Morgan fingerprint density at radius 3 is 2.33 bits per heavy atom. The van der Waals surface area contributed by atoms with E-state index < -0.39 is 24.1 Å². The van der Waals surface area contributed by atoms with Gasteiger partial charge in [-0.2, -0.15) is 0 Å². The minimum absolute atomic E-state index is 0.464. The second-order valence-electron chi connectivity index (χ2n) is 3.34. The summed E-state index contributed by atoms with van der Waals surface area (Å²) in [7, 11) is 0. The molecule has 15 heavy (non-hydrogen) atoms. The summed E-state index contributed by atoms with van der Waals surface area (Å²) in [5.41, 5.74) is -0.769. The standard InChI is InChI=1S/C10H10N2O3/c13-6-10(7-4-2-1-3-5-7)8(14)11-9(15)12-10/h1-5,13H,6H2,(H2,11,12,14,15)/t10-/m0/s1. The highest BCUT2D eigenvalue weighted by Gasteiger charge is 2.47. The molecule has 3 amide bonds. The Balaban J connectivity index is 2.47. The Kier molecular flexibility index (Phi) is 2.17. The second kappa shape index (κ2) is 3.36.